The van der Waals surface area contributed by atoms with Gasteiger partial charge in [0.2, 0.25) is 0 Å². The first-order valence-corrected chi connectivity index (χ1v) is 9.17. The quantitative estimate of drug-likeness (QED) is 0.737. The van der Waals surface area contributed by atoms with Gasteiger partial charge in [0.25, 0.3) is 0 Å². The van der Waals surface area contributed by atoms with E-state index in [-0.39, 0.29) is 0 Å². The standard InChI is InChI=1S/C16H13NO2S2/c1-21(18,19)13-7-5-12(6-8-13)14-10-20-11-15(14)16-4-2-3-9-17-16/h2-11H,1H3. The molecular formula is C16H13NO2S2. The number of hydrogen-bond acceptors (Lipinski definition) is 4. The molecule has 0 atom stereocenters. The second-order valence-electron chi connectivity index (χ2n) is 4.71. The number of hydrogen-bond donors (Lipinski definition) is 0. The fourth-order valence-corrected chi connectivity index (χ4v) is 3.60. The Hall–Kier alpha value is -1.98. The Balaban J connectivity index is 2.05. The highest BCUT2D eigenvalue weighted by Gasteiger charge is 2.11. The topological polar surface area (TPSA) is 47.0 Å². The molecule has 2 aromatic heterocycles. The molecule has 5 heteroatoms. The van der Waals surface area contributed by atoms with Crippen LogP contribution >= 0.6 is 11.3 Å². The maximum Gasteiger partial charge on any atom is 0.175 e. The highest BCUT2D eigenvalue weighted by molar-refractivity contribution is 7.90. The van der Waals surface area contributed by atoms with Crippen LogP contribution in [0.5, 0.6) is 0 Å². The Kier molecular flexibility index (Phi) is 3.61. The van der Waals surface area contributed by atoms with E-state index in [1.54, 1.807) is 29.7 Å². The fourth-order valence-electron chi connectivity index (χ4n) is 2.12. The molecule has 0 fully saturated rings. The largest absolute Gasteiger partial charge is 0.256 e. The molecule has 21 heavy (non-hydrogen) atoms. The summed E-state index contributed by atoms with van der Waals surface area (Å²) in [6.07, 6.45) is 2.98. The number of rotatable bonds is 3. The predicted molar refractivity (Wildman–Crippen MR) is 86.1 cm³/mol. The number of sulfone groups is 1. The summed E-state index contributed by atoms with van der Waals surface area (Å²) >= 11 is 1.61. The van der Waals surface area contributed by atoms with E-state index in [1.165, 1.54) is 6.26 Å². The van der Waals surface area contributed by atoms with Crippen LogP contribution in [0.25, 0.3) is 22.4 Å². The summed E-state index contributed by atoms with van der Waals surface area (Å²) in [7, 11) is -3.16. The molecule has 0 saturated heterocycles. The van der Waals surface area contributed by atoms with Crippen molar-refractivity contribution in [3.05, 3.63) is 59.4 Å². The van der Waals surface area contributed by atoms with Gasteiger partial charge in [0.05, 0.1) is 10.6 Å². The van der Waals surface area contributed by atoms with Crippen molar-refractivity contribution in [2.24, 2.45) is 0 Å². The zero-order valence-corrected chi connectivity index (χ0v) is 13.0. The summed E-state index contributed by atoms with van der Waals surface area (Å²) in [6.45, 7) is 0. The van der Waals surface area contributed by atoms with Gasteiger partial charge in [-0.1, -0.05) is 18.2 Å². The average molecular weight is 315 g/mol. The van der Waals surface area contributed by atoms with Gasteiger partial charge in [0.15, 0.2) is 9.84 Å². The molecule has 0 bridgehead atoms. The first-order valence-electron chi connectivity index (χ1n) is 6.34. The Bertz CT molecular complexity index is 851. The van der Waals surface area contributed by atoms with Gasteiger partial charge < -0.3 is 0 Å². The van der Waals surface area contributed by atoms with Crippen molar-refractivity contribution in [1.29, 1.82) is 0 Å². The van der Waals surface area contributed by atoms with Crippen molar-refractivity contribution in [3.8, 4) is 22.4 Å². The van der Waals surface area contributed by atoms with Gasteiger partial charge in [-0.05, 0) is 35.2 Å². The number of benzene rings is 1. The predicted octanol–water partition coefficient (Wildman–Crippen LogP) is 3.88. The number of thiophene rings is 1. The number of nitrogens with zero attached hydrogens (tertiary/aromatic N) is 1. The van der Waals surface area contributed by atoms with Crippen molar-refractivity contribution in [3.63, 3.8) is 0 Å². The van der Waals surface area contributed by atoms with E-state index < -0.39 is 9.84 Å². The van der Waals surface area contributed by atoms with E-state index in [0.717, 1.165) is 22.4 Å². The second-order valence-corrected chi connectivity index (χ2v) is 7.47. The summed E-state index contributed by atoms with van der Waals surface area (Å²) in [5.74, 6) is 0. The van der Waals surface area contributed by atoms with Crippen LogP contribution in [0, 0.1) is 0 Å². The number of pyridine rings is 1. The normalized spacial score (nSPS) is 11.5. The van der Waals surface area contributed by atoms with Gasteiger partial charge in [-0.3, -0.25) is 4.98 Å². The maximum absolute atomic E-state index is 11.5. The van der Waals surface area contributed by atoms with Gasteiger partial charge in [-0.25, -0.2) is 8.42 Å². The van der Waals surface area contributed by atoms with Crippen LogP contribution in [0.3, 0.4) is 0 Å². The lowest BCUT2D eigenvalue weighted by atomic mass is 10.0. The van der Waals surface area contributed by atoms with E-state index in [0.29, 0.717) is 4.90 Å². The van der Waals surface area contributed by atoms with E-state index >= 15 is 0 Å². The van der Waals surface area contributed by atoms with E-state index in [1.807, 2.05) is 30.3 Å². The lowest BCUT2D eigenvalue weighted by molar-refractivity contribution is 0.602. The van der Waals surface area contributed by atoms with Gasteiger partial charge in [0, 0.05) is 29.0 Å². The zero-order valence-electron chi connectivity index (χ0n) is 11.4. The van der Waals surface area contributed by atoms with Gasteiger partial charge in [0.1, 0.15) is 0 Å². The molecule has 0 N–H and O–H groups in total. The summed E-state index contributed by atoms with van der Waals surface area (Å²) in [6, 6.07) is 12.8. The van der Waals surface area contributed by atoms with Gasteiger partial charge in [-0.2, -0.15) is 11.3 Å². The molecule has 0 amide bonds. The van der Waals surface area contributed by atoms with Gasteiger partial charge in [-0.15, -0.1) is 0 Å². The van der Waals surface area contributed by atoms with Crippen LogP contribution in [-0.2, 0) is 9.84 Å². The molecule has 0 radical (unpaired) electrons. The third-order valence-electron chi connectivity index (χ3n) is 3.20. The first kappa shape index (κ1) is 14.0. The van der Waals surface area contributed by atoms with Crippen LogP contribution in [0.4, 0.5) is 0 Å². The number of aromatic nitrogens is 1. The Morgan fingerprint density at radius 2 is 1.67 bits per heavy atom. The lowest BCUT2D eigenvalue weighted by Gasteiger charge is -2.05. The average Bonchev–Trinajstić information content (AvgIpc) is 2.97. The second kappa shape index (κ2) is 5.42. The third kappa shape index (κ3) is 2.89. The SMILES string of the molecule is CS(=O)(=O)c1ccc(-c2cscc2-c2ccccn2)cc1. The molecular weight excluding hydrogens is 302 g/mol. The maximum atomic E-state index is 11.5. The van der Waals surface area contributed by atoms with E-state index in [9.17, 15) is 8.42 Å². The minimum Gasteiger partial charge on any atom is -0.256 e. The van der Waals surface area contributed by atoms with Gasteiger partial charge >= 0.3 is 0 Å². The molecule has 0 aliphatic rings. The van der Waals surface area contributed by atoms with Crippen molar-refractivity contribution < 1.29 is 8.42 Å². The molecule has 3 aromatic rings. The van der Waals surface area contributed by atoms with Crippen molar-refractivity contribution in [2.75, 3.05) is 6.26 Å². The molecule has 3 nitrogen and oxygen atoms in total. The summed E-state index contributed by atoms with van der Waals surface area (Å²) in [5.41, 5.74) is 4.04. The molecule has 106 valence electrons. The monoisotopic (exact) mass is 315 g/mol. The third-order valence-corrected chi connectivity index (χ3v) is 5.07. The smallest absolute Gasteiger partial charge is 0.175 e. The summed E-state index contributed by atoms with van der Waals surface area (Å²) in [4.78, 5) is 4.71. The van der Waals surface area contributed by atoms with Crippen LogP contribution in [0.15, 0.2) is 64.3 Å². The van der Waals surface area contributed by atoms with Crippen LogP contribution in [0.1, 0.15) is 0 Å². The van der Waals surface area contributed by atoms with E-state index in [2.05, 4.69) is 15.7 Å². The lowest BCUT2D eigenvalue weighted by Crippen LogP contribution is -1.96. The molecule has 1 aromatic carbocycles. The highest BCUT2D eigenvalue weighted by atomic mass is 32.2. The molecule has 0 aliphatic carbocycles. The van der Waals surface area contributed by atoms with Crippen LogP contribution < -0.4 is 0 Å². The van der Waals surface area contributed by atoms with Crippen LogP contribution in [-0.4, -0.2) is 19.7 Å². The molecule has 3 rings (SSSR count). The molecule has 0 spiro atoms. The molecule has 0 aliphatic heterocycles. The van der Waals surface area contributed by atoms with Crippen LogP contribution in [0.2, 0.25) is 0 Å². The summed E-state index contributed by atoms with van der Waals surface area (Å²) < 4.78 is 23.0. The van der Waals surface area contributed by atoms with Crippen molar-refractivity contribution in [1.82, 2.24) is 4.98 Å². The fraction of sp³-hybridized carbons (Fsp3) is 0.0625. The Morgan fingerprint density at radius 1 is 0.952 bits per heavy atom. The molecule has 0 saturated carbocycles. The van der Waals surface area contributed by atoms with Crippen molar-refractivity contribution in [2.45, 2.75) is 4.90 Å². The van der Waals surface area contributed by atoms with Crippen molar-refractivity contribution >= 4 is 21.2 Å². The minimum absolute atomic E-state index is 0.334. The highest BCUT2D eigenvalue weighted by Crippen LogP contribution is 2.34. The zero-order chi connectivity index (χ0) is 14.9. The summed E-state index contributed by atoms with van der Waals surface area (Å²) in [5, 5.41) is 4.11. The Labute approximate surface area is 127 Å². The Morgan fingerprint density at radius 3 is 2.29 bits per heavy atom. The first-order chi connectivity index (χ1) is 10.1. The van der Waals surface area contributed by atoms with E-state index in [4.69, 9.17) is 0 Å². The molecule has 2 heterocycles. The molecule has 0 unspecified atom stereocenters. The minimum atomic E-state index is -3.16.